The molecule has 0 N–H and O–H groups in total. The van der Waals surface area contributed by atoms with Gasteiger partial charge in [-0.2, -0.15) is 0 Å². The van der Waals surface area contributed by atoms with Crippen molar-refractivity contribution in [3.8, 4) is 0 Å². The van der Waals surface area contributed by atoms with Crippen molar-refractivity contribution in [1.29, 1.82) is 0 Å². The number of hydrogen-bond donors (Lipinski definition) is 0. The van der Waals surface area contributed by atoms with Crippen LogP contribution in [0.2, 0.25) is 0 Å². The minimum Gasteiger partial charge on any atom is -0.0885 e. The molecule has 0 amide bonds. The lowest BCUT2D eigenvalue weighted by molar-refractivity contribution is 0.237. The number of rotatable bonds is 5. The van der Waals surface area contributed by atoms with Crippen molar-refractivity contribution in [2.45, 2.75) is 77.6 Å². The van der Waals surface area contributed by atoms with Gasteiger partial charge in [-0.05, 0) is 43.4 Å². The van der Waals surface area contributed by atoms with Crippen molar-refractivity contribution >= 4 is 0 Å². The first kappa shape index (κ1) is 13.2. The van der Waals surface area contributed by atoms with Crippen LogP contribution in [0, 0.1) is 17.8 Å². The molecule has 17 heavy (non-hydrogen) atoms. The monoisotopic (exact) mass is 234 g/mol. The molecule has 0 nitrogen and oxygen atoms in total. The Kier molecular flexibility index (Phi) is 5.61. The Morgan fingerprint density at radius 1 is 0.765 bits per heavy atom. The maximum Gasteiger partial charge on any atom is -0.0322 e. The third kappa shape index (κ3) is 4.48. The van der Waals surface area contributed by atoms with Crippen LogP contribution in [0.25, 0.3) is 0 Å². The molecule has 0 radical (unpaired) electrons. The van der Waals surface area contributed by atoms with Crippen molar-refractivity contribution in [1.82, 2.24) is 0 Å². The molecule has 0 heteroatoms. The summed E-state index contributed by atoms with van der Waals surface area (Å²) >= 11 is 0. The zero-order valence-corrected chi connectivity index (χ0v) is 11.7. The maximum atomic E-state index is 2.41. The fourth-order valence-electron chi connectivity index (χ4n) is 3.81. The van der Waals surface area contributed by atoms with Gasteiger partial charge < -0.3 is 0 Å². The summed E-state index contributed by atoms with van der Waals surface area (Å²) < 4.78 is 0. The van der Waals surface area contributed by atoms with Gasteiger partial charge in [-0.1, -0.05) is 64.0 Å². The summed E-state index contributed by atoms with van der Waals surface area (Å²) in [6.07, 6.45) is 21.0. The minimum atomic E-state index is 1.02. The normalized spacial score (nSPS) is 33.8. The van der Waals surface area contributed by atoms with Gasteiger partial charge in [-0.15, -0.1) is 0 Å². The molecule has 0 heterocycles. The van der Waals surface area contributed by atoms with Crippen LogP contribution in [0.1, 0.15) is 77.6 Å². The van der Waals surface area contributed by atoms with Crippen molar-refractivity contribution in [2.75, 3.05) is 0 Å². The van der Waals surface area contributed by atoms with E-state index in [1.165, 1.54) is 70.6 Å². The van der Waals surface area contributed by atoms with Crippen LogP contribution in [-0.2, 0) is 0 Å². The summed E-state index contributed by atoms with van der Waals surface area (Å²) in [6, 6.07) is 0. The van der Waals surface area contributed by atoms with Gasteiger partial charge in [0.05, 0.1) is 0 Å². The molecular formula is C17H30. The van der Waals surface area contributed by atoms with Crippen LogP contribution in [0.4, 0.5) is 0 Å². The second-order valence-electron chi connectivity index (χ2n) is 6.40. The number of allylic oxidation sites excluding steroid dienone is 2. The molecule has 0 aromatic rings. The molecule has 0 aromatic heterocycles. The van der Waals surface area contributed by atoms with Crippen LogP contribution >= 0.6 is 0 Å². The molecule has 1 unspecified atom stereocenters. The minimum absolute atomic E-state index is 1.02. The highest BCUT2D eigenvalue weighted by molar-refractivity contribution is 4.90. The average molecular weight is 234 g/mol. The quantitative estimate of drug-likeness (QED) is 0.533. The SMILES string of the molecule is CCC[C@H]1CC[C@H](CCC2CC=CCC2)CC1. The van der Waals surface area contributed by atoms with E-state index in [4.69, 9.17) is 0 Å². The average Bonchev–Trinajstić information content (AvgIpc) is 2.40. The van der Waals surface area contributed by atoms with E-state index >= 15 is 0 Å². The first-order valence-electron chi connectivity index (χ1n) is 8.03. The fourth-order valence-corrected chi connectivity index (χ4v) is 3.81. The molecule has 1 saturated carbocycles. The van der Waals surface area contributed by atoms with Crippen LogP contribution in [0.5, 0.6) is 0 Å². The first-order valence-corrected chi connectivity index (χ1v) is 8.03. The Hall–Kier alpha value is -0.260. The van der Waals surface area contributed by atoms with Crippen molar-refractivity contribution in [2.24, 2.45) is 17.8 Å². The zero-order chi connectivity index (χ0) is 11.9. The topological polar surface area (TPSA) is 0 Å². The van der Waals surface area contributed by atoms with Gasteiger partial charge in [0.15, 0.2) is 0 Å². The van der Waals surface area contributed by atoms with Gasteiger partial charge in [-0.3, -0.25) is 0 Å². The van der Waals surface area contributed by atoms with E-state index in [9.17, 15) is 0 Å². The third-order valence-corrected chi connectivity index (χ3v) is 5.02. The Morgan fingerprint density at radius 3 is 2.00 bits per heavy atom. The molecule has 0 saturated heterocycles. The molecule has 0 bridgehead atoms. The van der Waals surface area contributed by atoms with Crippen LogP contribution in [0.15, 0.2) is 12.2 Å². The van der Waals surface area contributed by atoms with Crippen molar-refractivity contribution in [3.63, 3.8) is 0 Å². The lowest BCUT2D eigenvalue weighted by Crippen LogP contribution is -2.15. The van der Waals surface area contributed by atoms with Gasteiger partial charge in [0.2, 0.25) is 0 Å². The lowest BCUT2D eigenvalue weighted by Gasteiger charge is -2.29. The second kappa shape index (κ2) is 7.24. The van der Waals surface area contributed by atoms with Gasteiger partial charge >= 0.3 is 0 Å². The van der Waals surface area contributed by atoms with Crippen LogP contribution < -0.4 is 0 Å². The maximum absolute atomic E-state index is 2.41. The standard InChI is InChI=1S/C17H30/c1-2-6-15-9-12-17(13-10-15)14-11-16-7-4-3-5-8-16/h3-4,15-17H,2,5-14H2,1H3/t15-,16?,17-. The molecule has 0 spiro atoms. The Labute approximate surface area is 108 Å². The predicted octanol–water partition coefficient (Wildman–Crippen LogP) is 5.73. The van der Waals surface area contributed by atoms with Gasteiger partial charge in [-0.25, -0.2) is 0 Å². The highest BCUT2D eigenvalue weighted by atomic mass is 14.3. The molecule has 0 aliphatic heterocycles. The summed E-state index contributed by atoms with van der Waals surface area (Å²) in [5.74, 6) is 3.18. The summed E-state index contributed by atoms with van der Waals surface area (Å²) in [5, 5.41) is 0. The van der Waals surface area contributed by atoms with E-state index in [2.05, 4.69) is 19.1 Å². The highest BCUT2D eigenvalue weighted by Crippen LogP contribution is 2.35. The molecule has 2 aliphatic rings. The molecular weight excluding hydrogens is 204 g/mol. The fraction of sp³-hybridized carbons (Fsp3) is 0.882. The summed E-state index contributed by atoms with van der Waals surface area (Å²) in [6.45, 7) is 2.34. The molecule has 2 aliphatic carbocycles. The predicted molar refractivity (Wildman–Crippen MR) is 76.1 cm³/mol. The van der Waals surface area contributed by atoms with E-state index in [0.29, 0.717) is 0 Å². The Balaban J connectivity index is 1.59. The van der Waals surface area contributed by atoms with Crippen molar-refractivity contribution < 1.29 is 0 Å². The van der Waals surface area contributed by atoms with Crippen LogP contribution in [-0.4, -0.2) is 0 Å². The lowest BCUT2D eigenvalue weighted by atomic mass is 9.77. The van der Waals surface area contributed by atoms with E-state index in [1.54, 1.807) is 0 Å². The molecule has 0 aromatic carbocycles. The summed E-state index contributed by atoms with van der Waals surface area (Å²) in [7, 11) is 0. The molecule has 1 atom stereocenters. The zero-order valence-electron chi connectivity index (χ0n) is 11.7. The van der Waals surface area contributed by atoms with E-state index in [-0.39, 0.29) is 0 Å². The molecule has 98 valence electrons. The first-order chi connectivity index (χ1) is 8.38. The number of hydrogen-bond acceptors (Lipinski definition) is 0. The molecule has 2 rings (SSSR count). The van der Waals surface area contributed by atoms with E-state index in [1.807, 2.05) is 0 Å². The van der Waals surface area contributed by atoms with E-state index < -0.39 is 0 Å². The van der Waals surface area contributed by atoms with Crippen LogP contribution in [0.3, 0.4) is 0 Å². The summed E-state index contributed by atoms with van der Waals surface area (Å²) in [4.78, 5) is 0. The molecule has 1 fully saturated rings. The Bertz CT molecular complexity index is 220. The highest BCUT2D eigenvalue weighted by Gasteiger charge is 2.21. The third-order valence-electron chi connectivity index (χ3n) is 5.02. The Morgan fingerprint density at radius 2 is 1.41 bits per heavy atom. The van der Waals surface area contributed by atoms with E-state index in [0.717, 1.165) is 17.8 Å². The van der Waals surface area contributed by atoms with Gasteiger partial charge in [0.1, 0.15) is 0 Å². The largest absolute Gasteiger partial charge is 0.0885 e. The summed E-state index contributed by atoms with van der Waals surface area (Å²) in [5.41, 5.74) is 0. The van der Waals surface area contributed by atoms with Gasteiger partial charge in [0.25, 0.3) is 0 Å². The second-order valence-corrected chi connectivity index (χ2v) is 6.40. The van der Waals surface area contributed by atoms with Gasteiger partial charge in [0, 0.05) is 0 Å². The smallest absolute Gasteiger partial charge is 0.0322 e. The van der Waals surface area contributed by atoms with Crippen molar-refractivity contribution in [3.05, 3.63) is 12.2 Å².